The third kappa shape index (κ3) is 2.15. The highest BCUT2D eigenvalue weighted by molar-refractivity contribution is 5.69. The number of carbonyl (C=O) groups excluding carboxylic acids is 1. The van der Waals surface area contributed by atoms with E-state index in [1.165, 1.54) is 0 Å². The lowest BCUT2D eigenvalue weighted by Crippen LogP contribution is -2.62. The second-order valence-electron chi connectivity index (χ2n) is 3.67. The molecule has 0 saturated carbocycles. The van der Waals surface area contributed by atoms with Crippen molar-refractivity contribution in [3.05, 3.63) is 35.9 Å². The molecule has 1 aromatic carbocycles. The SMILES string of the molecule is O=C(OCc1ccccc1)N1CC(O)C1O. The Morgan fingerprint density at radius 2 is 2.06 bits per heavy atom. The van der Waals surface area contributed by atoms with Gasteiger partial charge >= 0.3 is 6.09 Å². The number of rotatable bonds is 2. The van der Waals surface area contributed by atoms with E-state index in [4.69, 9.17) is 9.84 Å². The zero-order valence-electron chi connectivity index (χ0n) is 8.61. The predicted octanol–water partition coefficient (Wildman–Crippen LogP) is 0.318. The summed E-state index contributed by atoms with van der Waals surface area (Å²) >= 11 is 0. The summed E-state index contributed by atoms with van der Waals surface area (Å²) in [5.41, 5.74) is 0.881. The van der Waals surface area contributed by atoms with Gasteiger partial charge < -0.3 is 14.9 Å². The highest BCUT2D eigenvalue weighted by atomic mass is 16.6. The largest absolute Gasteiger partial charge is 0.444 e. The molecular formula is C11H13NO4. The summed E-state index contributed by atoms with van der Waals surface area (Å²) in [5, 5.41) is 18.2. The lowest BCUT2D eigenvalue weighted by molar-refractivity contribution is -0.155. The molecule has 5 nitrogen and oxygen atoms in total. The summed E-state index contributed by atoms with van der Waals surface area (Å²) in [6.07, 6.45) is -2.60. The van der Waals surface area contributed by atoms with Crippen LogP contribution >= 0.6 is 0 Å². The Bertz CT molecular complexity index is 368. The van der Waals surface area contributed by atoms with Gasteiger partial charge in [0.1, 0.15) is 12.7 Å². The van der Waals surface area contributed by atoms with Gasteiger partial charge in [-0.15, -0.1) is 0 Å². The Kier molecular flexibility index (Phi) is 3.07. The average molecular weight is 223 g/mol. The van der Waals surface area contributed by atoms with Crippen LogP contribution in [0.3, 0.4) is 0 Å². The van der Waals surface area contributed by atoms with Crippen molar-refractivity contribution < 1.29 is 19.7 Å². The van der Waals surface area contributed by atoms with Gasteiger partial charge in [-0.25, -0.2) is 4.79 Å². The molecule has 0 bridgehead atoms. The third-order valence-electron chi connectivity index (χ3n) is 2.49. The van der Waals surface area contributed by atoms with Crippen LogP contribution in [0.4, 0.5) is 4.79 Å². The summed E-state index contributed by atoms with van der Waals surface area (Å²) in [6, 6.07) is 9.26. The first kappa shape index (κ1) is 10.9. The van der Waals surface area contributed by atoms with Crippen LogP contribution < -0.4 is 0 Å². The van der Waals surface area contributed by atoms with Crippen molar-refractivity contribution in [3.8, 4) is 0 Å². The quantitative estimate of drug-likeness (QED) is 0.757. The van der Waals surface area contributed by atoms with Crippen molar-refractivity contribution in [2.45, 2.75) is 18.9 Å². The molecule has 1 heterocycles. The molecule has 2 rings (SSSR count). The first-order chi connectivity index (χ1) is 7.68. The van der Waals surface area contributed by atoms with Crippen LogP contribution in [0, 0.1) is 0 Å². The molecule has 1 aliphatic rings. The molecule has 1 saturated heterocycles. The number of carbonyl (C=O) groups is 1. The van der Waals surface area contributed by atoms with Crippen LogP contribution in [0.1, 0.15) is 5.56 Å². The number of ether oxygens (including phenoxy) is 1. The van der Waals surface area contributed by atoms with Gasteiger partial charge in [0.2, 0.25) is 0 Å². The number of aliphatic hydroxyl groups is 2. The number of nitrogens with zero attached hydrogens (tertiary/aromatic N) is 1. The highest BCUT2D eigenvalue weighted by Crippen LogP contribution is 2.17. The topological polar surface area (TPSA) is 70.0 Å². The molecule has 86 valence electrons. The van der Waals surface area contributed by atoms with Gasteiger partial charge in [-0.05, 0) is 5.56 Å². The summed E-state index contributed by atoms with van der Waals surface area (Å²) in [7, 11) is 0. The maximum Gasteiger partial charge on any atom is 0.412 e. The van der Waals surface area contributed by atoms with Crippen LogP contribution in [0.15, 0.2) is 30.3 Å². The minimum Gasteiger partial charge on any atom is -0.444 e. The fraction of sp³-hybridized carbons (Fsp3) is 0.364. The Morgan fingerprint density at radius 3 is 2.62 bits per heavy atom. The first-order valence-corrected chi connectivity index (χ1v) is 5.02. The minimum absolute atomic E-state index is 0.120. The van der Waals surface area contributed by atoms with Gasteiger partial charge in [0.25, 0.3) is 0 Å². The summed E-state index contributed by atoms with van der Waals surface area (Å²) < 4.78 is 4.97. The van der Waals surface area contributed by atoms with E-state index in [1.807, 2.05) is 30.3 Å². The number of hydrogen-bond acceptors (Lipinski definition) is 4. The monoisotopic (exact) mass is 223 g/mol. The van der Waals surface area contributed by atoms with Crippen molar-refractivity contribution in [2.75, 3.05) is 6.54 Å². The van der Waals surface area contributed by atoms with E-state index >= 15 is 0 Å². The van der Waals surface area contributed by atoms with Crippen molar-refractivity contribution in [3.63, 3.8) is 0 Å². The maximum atomic E-state index is 11.4. The summed E-state index contributed by atoms with van der Waals surface area (Å²) in [6.45, 7) is 0.285. The van der Waals surface area contributed by atoms with Crippen LogP contribution in [-0.4, -0.2) is 40.1 Å². The molecule has 0 spiro atoms. The average Bonchev–Trinajstić information content (AvgIpc) is 2.33. The Labute approximate surface area is 92.9 Å². The van der Waals surface area contributed by atoms with Crippen molar-refractivity contribution in [2.24, 2.45) is 0 Å². The van der Waals surface area contributed by atoms with Gasteiger partial charge in [0.15, 0.2) is 6.23 Å². The fourth-order valence-corrected chi connectivity index (χ4v) is 1.46. The Balaban J connectivity index is 1.81. The van der Waals surface area contributed by atoms with E-state index in [1.54, 1.807) is 0 Å². The molecule has 2 unspecified atom stereocenters. The van der Waals surface area contributed by atoms with Crippen LogP contribution in [0.25, 0.3) is 0 Å². The van der Waals surface area contributed by atoms with E-state index in [0.717, 1.165) is 10.5 Å². The van der Waals surface area contributed by atoms with Crippen LogP contribution in [-0.2, 0) is 11.3 Å². The maximum absolute atomic E-state index is 11.4. The molecule has 1 amide bonds. The van der Waals surface area contributed by atoms with Gasteiger partial charge in [0.05, 0.1) is 6.54 Å². The lowest BCUT2D eigenvalue weighted by atomic mass is 10.1. The Morgan fingerprint density at radius 1 is 1.38 bits per heavy atom. The number of benzene rings is 1. The van der Waals surface area contributed by atoms with E-state index in [-0.39, 0.29) is 13.2 Å². The zero-order chi connectivity index (χ0) is 11.5. The number of likely N-dealkylation sites (tertiary alicyclic amines) is 1. The second kappa shape index (κ2) is 4.51. The third-order valence-corrected chi connectivity index (χ3v) is 2.49. The number of β-amino-alcohol motifs (C(OH)–C–C–N with tert-alkyl or cyclic N) is 1. The van der Waals surface area contributed by atoms with Crippen LogP contribution in [0.2, 0.25) is 0 Å². The lowest BCUT2D eigenvalue weighted by Gasteiger charge is -2.40. The van der Waals surface area contributed by atoms with Crippen molar-refractivity contribution in [1.29, 1.82) is 0 Å². The predicted molar refractivity (Wildman–Crippen MR) is 55.3 cm³/mol. The molecule has 1 aliphatic heterocycles. The molecule has 0 radical (unpaired) electrons. The second-order valence-corrected chi connectivity index (χ2v) is 3.67. The molecule has 1 aromatic rings. The van der Waals surface area contributed by atoms with Crippen LogP contribution in [0.5, 0.6) is 0 Å². The Hall–Kier alpha value is -1.59. The first-order valence-electron chi connectivity index (χ1n) is 5.02. The van der Waals surface area contributed by atoms with Gasteiger partial charge in [-0.3, -0.25) is 4.90 Å². The molecule has 2 atom stereocenters. The highest BCUT2D eigenvalue weighted by Gasteiger charge is 2.40. The summed E-state index contributed by atoms with van der Waals surface area (Å²) in [4.78, 5) is 12.5. The van der Waals surface area contributed by atoms with E-state index in [9.17, 15) is 9.90 Å². The van der Waals surface area contributed by atoms with Crippen molar-refractivity contribution in [1.82, 2.24) is 4.90 Å². The zero-order valence-corrected chi connectivity index (χ0v) is 8.61. The molecule has 0 aromatic heterocycles. The molecule has 0 aliphatic carbocycles. The normalized spacial score (nSPS) is 23.8. The van der Waals surface area contributed by atoms with E-state index < -0.39 is 18.4 Å². The minimum atomic E-state index is -1.14. The van der Waals surface area contributed by atoms with E-state index in [2.05, 4.69) is 0 Å². The van der Waals surface area contributed by atoms with Gasteiger partial charge in [-0.1, -0.05) is 30.3 Å². The molecule has 2 N–H and O–H groups in total. The van der Waals surface area contributed by atoms with Gasteiger partial charge in [0, 0.05) is 0 Å². The molecule has 5 heteroatoms. The number of aliphatic hydroxyl groups excluding tert-OH is 2. The van der Waals surface area contributed by atoms with Crippen molar-refractivity contribution >= 4 is 6.09 Å². The van der Waals surface area contributed by atoms with Gasteiger partial charge in [-0.2, -0.15) is 0 Å². The molecule has 1 fully saturated rings. The fourth-order valence-electron chi connectivity index (χ4n) is 1.46. The standard InChI is InChI=1S/C11H13NO4/c13-9-6-12(10(9)14)11(15)16-7-8-4-2-1-3-5-8/h1-5,9-10,13-14H,6-7H2. The molecular weight excluding hydrogens is 210 g/mol. The smallest absolute Gasteiger partial charge is 0.412 e. The number of amides is 1. The number of hydrogen-bond donors (Lipinski definition) is 2. The summed E-state index contributed by atoms with van der Waals surface area (Å²) in [5.74, 6) is 0. The molecule has 16 heavy (non-hydrogen) atoms. The van der Waals surface area contributed by atoms with E-state index in [0.29, 0.717) is 0 Å².